The van der Waals surface area contributed by atoms with Crippen molar-refractivity contribution in [3.63, 3.8) is 0 Å². The molecule has 0 aliphatic carbocycles. The zero-order valence-corrected chi connectivity index (χ0v) is 9.98. The molecule has 0 saturated carbocycles. The van der Waals surface area contributed by atoms with Gasteiger partial charge in [-0.25, -0.2) is 0 Å². The summed E-state index contributed by atoms with van der Waals surface area (Å²) in [6.07, 6.45) is 2.68. The molecule has 0 aliphatic heterocycles. The second-order valence-electron chi connectivity index (χ2n) is 2.56. The quantitative estimate of drug-likeness (QED) is 0.342. The van der Waals surface area contributed by atoms with E-state index in [0.29, 0.717) is 0 Å². The number of alkyl halides is 1. The van der Waals surface area contributed by atoms with Gasteiger partial charge in [-0.1, -0.05) is 40.8 Å². The van der Waals surface area contributed by atoms with E-state index in [1.807, 2.05) is 11.8 Å². The van der Waals surface area contributed by atoms with Crippen molar-refractivity contribution in [3.05, 3.63) is 30.3 Å². The molecule has 0 unspecified atom stereocenters. The van der Waals surface area contributed by atoms with Gasteiger partial charge in [0.25, 0.3) is 0 Å². The summed E-state index contributed by atoms with van der Waals surface area (Å²) < 4.78 is 1.28. The van der Waals surface area contributed by atoms with Crippen LogP contribution in [0.5, 0.6) is 0 Å². The van der Waals surface area contributed by atoms with Gasteiger partial charge >= 0.3 is 0 Å². The van der Waals surface area contributed by atoms with E-state index in [4.69, 9.17) is 0 Å². The maximum absolute atomic E-state index is 2.43. The van der Waals surface area contributed by atoms with Gasteiger partial charge in [-0.05, 0) is 35.2 Å². The van der Waals surface area contributed by atoms with Gasteiger partial charge in [0.05, 0.1) is 0 Å². The van der Waals surface area contributed by atoms with Gasteiger partial charge in [-0.3, -0.25) is 0 Å². The lowest BCUT2D eigenvalue weighted by atomic mass is 10.4. The lowest BCUT2D eigenvalue weighted by Crippen LogP contribution is -1.80. The zero-order valence-electron chi connectivity index (χ0n) is 7.00. The molecule has 0 atom stereocenters. The first-order chi connectivity index (χ1) is 5.93. The van der Waals surface area contributed by atoms with E-state index in [0.717, 1.165) is 0 Å². The van der Waals surface area contributed by atoms with Crippen LogP contribution in [-0.2, 0) is 0 Å². The molecule has 1 aromatic rings. The molecule has 0 fully saturated rings. The highest BCUT2D eigenvalue weighted by Gasteiger charge is 1.91. The standard InChI is InChI=1S/C10H13IS/c11-8-4-5-9-12-10-6-2-1-3-7-10/h1-3,6-7H,4-5,8-9H2. The van der Waals surface area contributed by atoms with Crippen molar-refractivity contribution >= 4 is 34.4 Å². The van der Waals surface area contributed by atoms with Gasteiger partial charge in [0.2, 0.25) is 0 Å². The number of benzene rings is 1. The highest BCUT2D eigenvalue weighted by Crippen LogP contribution is 2.18. The van der Waals surface area contributed by atoms with E-state index >= 15 is 0 Å². The first-order valence-electron chi connectivity index (χ1n) is 4.17. The predicted molar refractivity (Wildman–Crippen MR) is 65.3 cm³/mol. The van der Waals surface area contributed by atoms with Crippen molar-refractivity contribution in [1.82, 2.24) is 0 Å². The molecule has 2 heteroatoms. The third-order valence-electron chi connectivity index (χ3n) is 1.54. The van der Waals surface area contributed by atoms with Crippen LogP contribution in [0.15, 0.2) is 35.2 Å². The Labute approximate surface area is 92.3 Å². The van der Waals surface area contributed by atoms with Crippen molar-refractivity contribution in [2.24, 2.45) is 0 Å². The Balaban J connectivity index is 2.16. The number of halogens is 1. The first-order valence-corrected chi connectivity index (χ1v) is 6.68. The number of thioether (sulfide) groups is 1. The molecule has 0 nitrogen and oxygen atoms in total. The van der Waals surface area contributed by atoms with E-state index in [1.165, 1.54) is 27.9 Å². The summed E-state index contributed by atoms with van der Waals surface area (Å²) in [5.41, 5.74) is 0. The van der Waals surface area contributed by atoms with Crippen molar-refractivity contribution in [2.45, 2.75) is 17.7 Å². The van der Waals surface area contributed by atoms with Crippen LogP contribution in [0.3, 0.4) is 0 Å². The summed E-state index contributed by atoms with van der Waals surface area (Å²) in [7, 11) is 0. The Hall–Kier alpha value is 0.300. The van der Waals surface area contributed by atoms with E-state index in [-0.39, 0.29) is 0 Å². The second kappa shape index (κ2) is 6.78. The largest absolute Gasteiger partial charge is 0.126 e. The summed E-state index contributed by atoms with van der Waals surface area (Å²) in [6.45, 7) is 0. The Kier molecular flexibility index (Phi) is 5.86. The van der Waals surface area contributed by atoms with Gasteiger partial charge in [-0.2, -0.15) is 0 Å². The molecule has 0 aromatic heterocycles. The lowest BCUT2D eigenvalue weighted by molar-refractivity contribution is 0.918. The van der Waals surface area contributed by atoms with Crippen LogP contribution >= 0.6 is 34.4 Å². The van der Waals surface area contributed by atoms with E-state index in [2.05, 4.69) is 52.9 Å². The molecular weight excluding hydrogens is 279 g/mol. The van der Waals surface area contributed by atoms with Crippen molar-refractivity contribution in [3.8, 4) is 0 Å². The van der Waals surface area contributed by atoms with Crippen molar-refractivity contribution in [1.29, 1.82) is 0 Å². The maximum atomic E-state index is 2.43. The van der Waals surface area contributed by atoms with Crippen molar-refractivity contribution < 1.29 is 0 Å². The molecule has 0 spiro atoms. The van der Waals surface area contributed by atoms with Crippen LogP contribution in [0.1, 0.15) is 12.8 Å². The van der Waals surface area contributed by atoms with Crippen LogP contribution < -0.4 is 0 Å². The summed E-state index contributed by atoms with van der Waals surface area (Å²) in [5, 5.41) is 0. The summed E-state index contributed by atoms with van der Waals surface area (Å²) >= 11 is 4.39. The third kappa shape index (κ3) is 4.36. The first kappa shape index (κ1) is 10.4. The van der Waals surface area contributed by atoms with E-state index in [1.54, 1.807) is 0 Å². The Morgan fingerprint density at radius 1 is 1.08 bits per heavy atom. The molecule has 0 aliphatic rings. The number of rotatable bonds is 5. The molecule has 66 valence electrons. The fraction of sp³-hybridized carbons (Fsp3) is 0.400. The second-order valence-corrected chi connectivity index (χ2v) is 4.80. The molecule has 12 heavy (non-hydrogen) atoms. The molecule has 1 aromatic carbocycles. The van der Waals surface area contributed by atoms with Crippen LogP contribution in [0.25, 0.3) is 0 Å². The lowest BCUT2D eigenvalue weighted by Gasteiger charge is -1.99. The fourth-order valence-corrected chi connectivity index (χ4v) is 2.38. The van der Waals surface area contributed by atoms with Crippen molar-refractivity contribution in [2.75, 3.05) is 10.2 Å². The molecular formula is C10H13IS. The van der Waals surface area contributed by atoms with Crippen LogP contribution in [0.4, 0.5) is 0 Å². The highest BCUT2D eigenvalue weighted by atomic mass is 127. The van der Waals surface area contributed by atoms with Gasteiger partial charge in [-0.15, -0.1) is 11.8 Å². The number of hydrogen-bond acceptors (Lipinski definition) is 1. The fourth-order valence-electron chi connectivity index (χ4n) is 0.903. The zero-order chi connectivity index (χ0) is 8.65. The smallest absolute Gasteiger partial charge is 0.00719 e. The van der Waals surface area contributed by atoms with E-state index in [9.17, 15) is 0 Å². The van der Waals surface area contributed by atoms with Gasteiger partial charge in [0, 0.05) is 4.90 Å². The van der Waals surface area contributed by atoms with Gasteiger partial charge in [0.15, 0.2) is 0 Å². The Bertz CT molecular complexity index is 198. The minimum Gasteiger partial charge on any atom is -0.126 e. The Morgan fingerprint density at radius 3 is 2.50 bits per heavy atom. The van der Waals surface area contributed by atoms with Gasteiger partial charge < -0.3 is 0 Å². The molecule has 1 rings (SSSR count). The summed E-state index contributed by atoms with van der Waals surface area (Å²) in [6, 6.07) is 10.6. The molecule has 0 saturated heterocycles. The Morgan fingerprint density at radius 2 is 1.83 bits per heavy atom. The average Bonchev–Trinajstić information content (AvgIpc) is 2.14. The summed E-state index contributed by atoms with van der Waals surface area (Å²) in [4.78, 5) is 1.39. The molecule has 0 N–H and O–H groups in total. The van der Waals surface area contributed by atoms with Gasteiger partial charge in [0.1, 0.15) is 0 Å². The maximum Gasteiger partial charge on any atom is 0.00719 e. The predicted octanol–water partition coefficient (Wildman–Crippen LogP) is 3.99. The molecule has 0 radical (unpaired) electrons. The molecule has 0 bridgehead atoms. The SMILES string of the molecule is ICCCCSc1ccccc1. The minimum atomic E-state index is 1.26. The minimum absolute atomic E-state index is 1.26. The highest BCUT2D eigenvalue weighted by molar-refractivity contribution is 14.1. The average molecular weight is 292 g/mol. The summed E-state index contributed by atoms with van der Waals surface area (Å²) in [5.74, 6) is 1.26. The molecule has 0 heterocycles. The third-order valence-corrected chi connectivity index (χ3v) is 3.40. The molecule has 0 amide bonds. The normalized spacial score (nSPS) is 10.1. The van der Waals surface area contributed by atoms with E-state index < -0.39 is 0 Å². The van der Waals surface area contributed by atoms with Crippen LogP contribution in [-0.4, -0.2) is 10.2 Å². The van der Waals surface area contributed by atoms with Crippen LogP contribution in [0, 0.1) is 0 Å². The number of hydrogen-bond donors (Lipinski definition) is 0. The van der Waals surface area contributed by atoms with Crippen LogP contribution in [0.2, 0.25) is 0 Å². The number of unbranched alkanes of at least 4 members (excludes halogenated alkanes) is 1. The monoisotopic (exact) mass is 292 g/mol. The topological polar surface area (TPSA) is 0 Å².